The van der Waals surface area contributed by atoms with Crippen molar-refractivity contribution in [1.82, 2.24) is 24.5 Å². The SMILES string of the molecule is CCOc1ccc(S(=O)(=O)NCCOc2ccc3nnc(-c4ccc(OC)c(OC)c4)n3n2)cc1. The predicted molar refractivity (Wildman–Crippen MR) is 128 cm³/mol. The molecule has 1 N–H and O–H groups in total. The zero-order valence-electron chi connectivity index (χ0n) is 19.5. The van der Waals surface area contributed by atoms with Crippen LogP contribution in [0, 0.1) is 0 Å². The molecule has 0 aliphatic heterocycles. The third-order valence-corrected chi connectivity index (χ3v) is 6.45. The van der Waals surface area contributed by atoms with Crippen molar-refractivity contribution in [3.63, 3.8) is 0 Å². The van der Waals surface area contributed by atoms with Crippen molar-refractivity contribution in [2.24, 2.45) is 0 Å². The van der Waals surface area contributed by atoms with E-state index in [9.17, 15) is 8.42 Å². The molecule has 0 fully saturated rings. The van der Waals surface area contributed by atoms with Gasteiger partial charge in [0.15, 0.2) is 23.0 Å². The summed E-state index contributed by atoms with van der Waals surface area (Å²) in [5.74, 6) is 2.53. The lowest BCUT2D eigenvalue weighted by molar-refractivity contribution is 0.306. The molecule has 184 valence electrons. The zero-order chi connectivity index (χ0) is 24.8. The topological polar surface area (TPSA) is 126 Å². The van der Waals surface area contributed by atoms with Crippen LogP contribution in [0.25, 0.3) is 17.0 Å². The van der Waals surface area contributed by atoms with E-state index in [1.807, 2.05) is 13.0 Å². The quantitative estimate of drug-likeness (QED) is 0.310. The molecule has 0 saturated heterocycles. The van der Waals surface area contributed by atoms with E-state index in [4.69, 9.17) is 18.9 Å². The first-order chi connectivity index (χ1) is 16.9. The second-order valence-electron chi connectivity index (χ2n) is 7.19. The molecular weight excluding hydrogens is 474 g/mol. The average molecular weight is 500 g/mol. The van der Waals surface area contributed by atoms with Crippen molar-refractivity contribution >= 4 is 15.7 Å². The van der Waals surface area contributed by atoms with Crippen LogP contribution in [0.4, 0.5) is 0 Å². The lowest BCUT2D eigenvalue weighted by Crippen LogP contribution is -2.28. The first-order valence-electron chi connectivity index (χ1n) is 10.8. The van der Waals surface area contributed by atoms with Gasteiger partial charge in [-0.3, -0.25) is 0 Å². The van der Waals surface area contributed by atoms with Crippen molar-refractivity contribution < 1.29 is 27.4 Å². The Morgan fingerprint density at radius 3 is 2.40 bits per heavy atom. The van der Waals surface area contributed by atoms with E-state index in [1.54, 1.807) is 55.1 Å². The first-order valence-corrected chi connectivity index (χ1v) is 12.2. The van der Waals surface area contributed by atoms with Gasteiger partial charge in [-0.1, -0.05) is 0 Å². The summed E-state index contributed by atoms with van der Waals surface area (Å²) in [6.45, 7) is 2.49. The molecule has 0 saturated carbocycles. The summed E-state index contributed by atoms with van der Waals surface area (Å²) in [5.41, 5.74) is 1.25. The van der Waals surface area contributed by atoms with Gasteiger partial charge in [-0.2, -0.15) is 4.52 Å². The summed E-state index contributed by atoms with van der Waals surface area (Å²) < 4.78 is 50.7. The van der Waals surface area contributed by atoms with Crippen LogP contribution in [0.3, 0.4) is 0 Å². The van der Waals surface area contributed by atoms with Crippen molar-refractivity contribution in [1.29, 1.82) is 0 Å². The van der Waals surface area contributed by atoms with Crippen molar-refractivity contribution in [2.45, 2.75) is 11.8 Å². The monoisotopic (exact) mass is 499 g/mol. The van der Waals surface area contributed by atoms with E-state index < -0.39 is 10.0 Å². The fourth-order valence-corrected chi connectivity index (χ4v) is 4.31. The standard InChI is InChI=1S/C23H25N5O6S/c1-4-33-17-6-8-18(9-7-17)35(29,30)24-13-14-34-22-12-11-21-25-26-23(28(21)27-22)16-5-10-19(31-2)20(15-16)32-3/h5-12,15,24H,4,13-14H2,1-3H3. The first kappa shape index (κ1) is 24.2. The van der Waals surface area contributed by atoms with Crippen LogP contribution in [0.1, 0.15) is 6.92 Å². The van der Waals surface area contributed by atoms with Gasteiger partial charge in [0.05, 0.1) is 25.7 Å². The van der Waals surface area contributed by atoms with Gasteiger partial charge >= 0.3 is 0 Å². The molecule has 2 aromatic heterocycles. The van der Waals surface area contributed by atoms with Crippen LogP contribution in [-0.2, 0) is 10.0 Å². The molecule has 0 unspecified atom stereocenters. The molecule has 0 atom stereocenters. The third-order valence-electron chi connectivity index (χ3n) is 4.97. The van der Waals surface area contributed by atoms with Crippen LogP contribution in [-0.4, -0.2) is 62.2 Å². The van der Waals surface area contributed by atoms with Gasteiger partial charge < -0.3 is 18.9 Å². The van der Waals surface area contributed by atoms with Gasteiger partial charge in [0.2, 0.25) is 15.9 Å². The summed E-state index contributed by atoms with van der Waals surface area (Å²) in [4.78, 5) is 0.143. The molecule has 4 rings (SSSR count). The second-order valence-corrected chi connectivity index (χ2v) is 8.95. The molecule has 0 aliphatic carbocycles. The minimum absolute atomic E-state index is 0.0555. The Morgan fingerprint density at radius 1 is 0.914 bits per heavy atom. The lowest BCUT2D eigenvalue weighted by Gasteiger charge is -2.10. The Balaban J connectivity index is 1.42. The summed E-state index contributed by atoms with van der Waals surface area (Å²) in [6.07, 6.45) is 0. The molecule has 0 spiro atoms. The molecule has 35 heavy (non-hydrogen) atoms. The molecule has 0 bridgehead atoms. The lowest BCUT2D eigenvalue weighted by atomic mass is 10.2. The maximum Gasteiger partial charge on any atom is 0.240 e. The molecule has 0 radical (unpaired) electrons. The highest BCUT2D eigenvalue weighted by atomic mass is 32.2. The molecule has 0 aliphatic rings. The molecule has 2 aromatic carbocycles. The highest BCUT2D eigenvalue weighted by molar-refractivity contribution is 7.89. The van der Waals surface area contributed by atoms with Crippen molar-refractivity contribution in [3.8, 4) is 34.5 Å². The molecule has 0 amide bonds. The summed E-state index contributed by atoms with van der Waals surface area (Å²) in [6, 6.07) is 14.9. The average Bonchev–Trinajstić information content (AvgIpc) is 3.30. The van der Waals surface area contributed by atoms with E-state index in [1.165, 1.54) is 12.1 Å². The van der Waals surface area contributed by atoms with Crippen molar-refractivity contribution in [2.75, 3.05) is 34.0 Å². The fraction of sp³-hybridized carbons (Fsp3) is 0.261. The Labute approximate surface area is 202 Å². The Kier molecular flexibility index (Phi) is 7.32. The number of hydrogen-bond acceptors (Lipinski definition) is 9. The third kappa shape index (κ3) is 5.44. The summed E-state index contributed by atoms with van der Waals surface area (Å²) in [7, 11) is -0.564. The number of nitrogens with one attached hydrogen (secondary N) is 1. The van der Waals surface area contributed by atoms with Crippen molar-refractivity contribution in [3.05, 3.63) is 54.6 Å². The predicted octanol–water partition coefficient (Wildman–Crippen LogP) is 2.56. The van der Waals surface area contributed by atoms with E-state index in [2.05, 4.69) is 20.0 Å². The maximum absolute atomic E-state index is 12.5. The summed E-state index contributed by atoms with van der Waals surface area (Å²) >= 11 is 0. The number of hydrogen-bond donors (Lipinski definition) is 1. The fourth-order valence-electron chi connectivity index (χ4n) is 3.30. The maximum atomic E-state index is 12.5. The van der Waals surface area contributed by atoms with E-state index in [-0.39, 0.29) is 18.0 Å². The van der Waals surface area contributed by atoms with E-state index in [0.717, 1.165) is 5.56 Å². The smallest absolute Gasteiger partial charge is 0.240 e. The van der Waals surface area contributed by atoms with Crippen LogP contribution in [0.2, 0.25) is 0 Å². The number of nitrogens with zero attached hydrogens (tertiary/aromatic N) is 4. The minimum Gasteiger partial charge on any atom is -0.494 e. The highest BCUT2D eigenvalue weighted by Gasteiger charge is 2.15. The molecule has 12 heteroatoms. The number of methoxy groups -OCH3 is 2. The van der Waals surface area contributed by atoms with Gasteiger partial charge in [-0.25, -0.2) is 13.1 Å². The zero-order valence-corrected chi connectivity index (χ0v) is 20.3. The number of sulfonamides is 1. The van der Waals surface area contributed by atoms with Crippen LogP contribution < -0.4 is 23.7 Å². The number of aromatic nitrogens is 4. The van der Waals surface area contributed by atoms with Gasteiger partial charge in [-0.05, 0) is 55.5 Å². The Bertz CT molecular complexity index is 1410. The van der Waals surface area contributed by atoms with Gasteiger partial charge in [0, 0.05) is 18.2 Å². The van der Waals surface area contributed by atoms with Crippen LogP contribution in [0.15, 0.2) is 59.5 Å². The van der Waals surface area contributed by atoms with Crippen LogP contribution in [0.5, 0.6) is 23.1 Å². The van der Waals surface area contributed by atoms with Gasteiger partial charge in [0.1, 0.15) is 12.4 Å². The van der Waals surface area contributed by atoms with E-state index >= 15 is 0 Å². The Morgan fingerprint density at radius 2 is 1.69 bits per heavy atom. The minimum atomic E-state index is -3.68. The number of ether oxygens (including phenoxy) is 4. The molecule has 4 aromatic rings. The number of benzene rings is 2. The van der Waals surface area contributed by atoms with Crippen LogP contribution >= 0.6 is 0 Å². The number of rotatable bonds is 11. The molecule has 2 heterocycles. The highest BCUT2D eigenvalue weighted by Crippen LogP contribution is 2.31. The Hall–Kier alpha value is -3.90. The largest absolute Gasteiger partial charge is 0.494 e. The second kappa shape index (κ2) is 10.6. The van der Waals surface area contributed by atoms with Gasteiger partial charge in [-0.15, -0.1) is 15.3 Å². The molecular formula is C23H25N5O6S. The molecule has 11 nitrogen and oxygen atoms in total. The normalized spacial score (nSPS) is 11.4. The van der Waals surface area contributed by atoms with E-state index in [0.29, 0.717) is 41.2 Å². The summed E-state index contributed by atoms with van der Waals surface area (Å²) in [5, 5.41) is 12.8. The van der Waals surface area contributed by atoms with Gasteiger partial charge in [0.25, 0.3) is 0 Å². The number of fused-ring (bicyclic) bond motifs is 1.